The Morgan fingerprint density at radius 1 is 1.10 bits per heavy atom. The van der Waals surface area contributed by atoms with Crippen molar-refractivity contribution in [3.63, 3.8) is 0 Å². The Balaban J connectivity index is 2.01. The minimum absolute atomic E-state index is 0.799. The molecule has 2 aliphatic rings. The van der Waals surface area contributed by atoms with Crippen molar-refractivity contribution in [3.8, 4) is 0 Å². The summed E-state index contributed by atoms with van der Waals surface area (Å²) in [6.07, 6.45) is 5.67. The van der Waals surface area contributed by atoms with Crippen LogP contribution in [0.3, 0.4) is 0 Å². The van der Waals surface area contributed by atoms with Crippen LogP contribution in [0.1, 0.15) is 25.7 Å². The summed E-state index contributed by atoms with van der Waals surface area (Å²) < 4.78 is 0. The van der Waals surface area contributed by atoms with E-state index in [4.69, 9.17) is 0 Å². The van der Waals surface area contributed by atoms with Crippen molar-refractivity contribution < 1.29 is 0 Å². The van der Waals surface area contributed by atoms with Gasteiger partial charge in [0.05, 0.1) is 0 Å². The number of hydrogen-bond acceptors (Lipinski definition) is 1. The van der Waals surface area contributed by atoms with Gasteiger partial charge in [0.2, 0.25) is 0 Å². The summed E-state index contributed by atoms with van der Waals surface area (Å²) >= 11 is 3.74. The van der Waals surface area contributed by atoms with Crippen molar-refractivity contribution in [2.45, 2.75) is 36.6 Å². The molecule has 0 radical (unpaired) electrons. The van der Waals surface area contributed by atoms with E-state index >= 15 is 0 Å². The van der Waals surface area contributed by atoms with E-state index < -0.39 is 0 Å². The maximum Gasteiger partial charge on any atom is 0.0313 e. The first-order valence-electron chi connectivity index (χ1n) is 4.26. The van der Waals surface area contributed by atoms with Crippen molar-refractivity contribution in [1.29, 1.82) is 0 Å². The van der Waals surface area contributed by atoms with E-state index in [1.165, 1.54) is 38.8 Å². The minimum Gasteiger partial charge on any atom is -0.299 e. The van der Waals surface area contributed by atoms with Gasteiger partial charge < -0.3 is 0 Å². The third-order valence-corrected chi connectivity index (χ3v) is 3.84. The largest absolute Gasteiger partial charge is 0.299 e. The van der Waals surface area contributed by atoms with Crippen LogP contribution in [0, 0.1) is 0 Å². The van der Waals surface area contributed by atoms with Crippen LogP contribution in [0.15, 0.2) is 0 Å². The van der Waals surface area contributed by atoms with E-state index in [1.54, 1.807) is 0 Å². The van der Waals surface area contributed by atoms with Gasteiger partial charge in [-0.25, -0.2) is 0 Å². The highest BCUT2D eigenvalue weighted by atomic mass is 79.9. The quantitative estimate of drug-likeness (QED) is 0.545. The maximum absolute atomic E-state index is 3.74. The Hall–Kier alpha value is 0.440. The molecule has 0 amide bonds. The normalized spacial score (nSPS) is 41.7. The third kappa shape index (κ3) is 1.12. The minimum atomic E-state index is 0.799. The zero-order valence-corrected chi connectivity index (χ0v) is 7.81. The molecule has 0 aromatic heterocycles. The van der Waals surface area contributed by atoms with Gasteiger partial charge in [0.25, 0.3) is 0 Å². The van der Waals surface area contributed by atoms with E-state index in [-0.39, 0.29) is 0 Å². The predicted molar refractivity (Wildman–Crippen MR) is 46.5 cm³/mol. The summed E-state index contributed by atoms with van der Waals surface area (Å²) in [6, 6.07) is 0.883. The Labute approximate surface area is 70.9 Å². The number of fused-ring (bicyclic) bond motifs is 1. The van der Waals surface area contributed by atoms with Gasteiger partial charge in [-0.1, -0.05) is 22.4 Å². The van der Waals surface area contributed by atoms with Crippen molar-refractivity contribution >= 4 is 15.9 Å². The lowest BCUT2D eigenvalue weighted by Crippen LogP contribution is -2.37. The average molecular weight is 204 g/mol. The van der Waals surface area contributed by atoms with Gasteiger partial charge in [-0.05, 0) is 32.4 Å². The molecule has 2 rings (SSSR count). The number of hydrogen-bond donors (Lipinski definition) is 0. The second kappa shape index (κ2) is 2.82. The Bertz CT molecular complexity index is 124. The highest BCUT2D eigenvalue weighted by Gasteiger charge is 2.33. The van der Waals surface area contributed by atoms with Gasteiger partial charge in [0.1, 0.15) is 0 Å². The summed E-state index contributed by atoms with van der Waals surface area (Å²) in [5.41, 5.74) is 0. The molecule has 0 saturated carbocycles. The van der Waals surface area contributed by atoms with Crippen LogP contribution in [0.5, 0.6) is 0 Å². The topological polar surface area (TPSA) is 3.24 Å². The number of piperidine rings is 1. The molecule has 2 saturated heterocycles. The number of nitrogens with zero attached hydrogens (tertiary/aromatic N) is 1. The van der Waals surface area contributed by atoms with Crippen LogP contribution in [0.4, 0.5) is 0 Å². The van der Waals surface area contributed by atoms with Gasteiger partial charge in [-0.3, -0.25) is 4.90 Å². The van der Waals surface area contributed by atoms with Crippen molar-refractivity contribution in [1.82, 2.24) is 4.90 Å². The number of rotatable bonds is 0. The van der Waals surface area contributed by atoms with Crippen molar-refractivity contribution in [2.24, 2.45) is 0 Å². The highest BCUT2D eigenvalue weighted by Crippen LogP contribution is 2.31. The molecular formula is C8H14BrN. The van der Waals surface area contributed by atoms with Crippen LogP contribution >= 0.6 is 15.9 Å². The van der Waals surface area contributed by atoms with Crippen molar-refractivity contribution in [3.05, 3.63) is 0 Å². The Morgan fingerprint density at radius 3 is 2.80 bits per heavy atom. The van der Waals surface area contributed by atoms with Crippen LogP contribution in [0.2, 0.25) is 0 Å². The zero-order chi connectivity index (χ0) is 6.97. The SMILES string of the molecule is BrC1CCN2CCCCC12. The fourth-order valence-electron chi connectivity index (χ4n) is 2.19. The summed E-state index contributed by atoms with van der Waals surface area (Å²) in [6.45, 7) is 2.69. The van der Waals surface area contributed by atoms with Gasteiger partial charge in [-0.2, -0.15) is 0 Å². The molecule has 2 heteroatoms. The van der Waals surface area contributed by atoms with Gasteiger partial charge in [0.15, 0.2) is 0 Å². The van der Waals surface area contributed by atoms with Gasteiger partial charge in [-0.15, -0.1) is 0 Å². The van der Waals surface area contributed by atoms with E-state index in [1.807, 2.05) is 0 Å². The van der Waals surface area contributed by atoms with E-state index in [2.05, 4.69) is 20.8 Å². The molecule has 0 aromatic rings. The lowest BCUT2D eigenvalue weighted by molar-refractivity contribution is 0.201. The molecule has 2 unspecified atom stereocenters. The smallest absolute Gasteiger partial charge is 0.0313 e. The molecule has 58 valence electrons. The first-order chi connectivity index (χ1) is 4.88. The summed E-state index contributed by atoms with van der Waals surface area (Å²) in [5.74, 6) is 0. The first kappa shape index (κ1) is 7.11. The molecule has 0 N–H and O–H groups in total. The number of halogens is 1. The maximum atomic E-state index is 3.74. The Morgan fingerprint density at radius 2 is 2.00 bits per heavy atom. The molecule has 0 spiro atoms. The average Bonchev–Trinajstić information content (AvgIpc) is 2.34. The fourth-order valence-corrected chi connectivity index (χ4v) is 2.99. The van der Waals surface area contributed by atoms with E-state index in [9.17, 15) is 0 Å². The molecule has 0 aromatic carbocycles. The number of alkyl halides is 1. The highest BCUT2D eigenvalue weighted by molar-refractivity contribution is 9.09. The molecule has 2 fully saturated rings. The molecular weight excluding hydrogens is 190 g/mol. The molecule has 1 nitrogen and oxygen atoms in total. The molecule has 2 atom stereocenters. The summed E-state index contributed by atoms with van der Waals surface area (Å²) in [4.78, 5) is 3.44. The van der Waals surface area contributed by atoms with Gasteiger partial charge in [0, 0.05) is 10.9 Å². The Kier molecular flexibility index (Phi) is 2.01. The lowest BCUT2D eigenvalue weighted by atomic mass is 10.0. The van der Waals surface area contributed by atoms with E-state index in [0.717, 1.165) is 10.9 Å². The predicted octanol–water partition coefficient (Wildman–Crippen LogP) is 2.01. The third-order valence-electron chi connectivity index (χ3n) is 2.77. The van der Waals surface area contributed by atoms with Crippen LogP contribution in [0.25, 0.3) is 0 Å². The van der Waals surface area contributed by atoms with Crippen LogP contribution in [-0.2, 0) is 0 Å². The monoisotopic (exact) mass is 203 g/mol. The summed E-state index contributed by atoms with van der Waals surface area (Å²) in [7, 11) is 0. The molecule has 10 heavy (non-hydrogen) atoms. The molecule has 0 aliphatic carbocycles. The van der Waals surface area contributed by atoms with Crippen molar-refractivity contribution in [2.75, 3.05) is 13.1 Å². The van der Waals surface area contributed by atoms with Crippen LogP contribution < -0.4 is 0 Å². The van der Waals surface area contributed by atoms with Gasteiger partial charge >= 0.3 is 0 Å². The molecule has 2 aliphatic heterocycles. The molecule has 2 heterocycles. The first-order valence-corrected chi connectivity index (χ1v) is 5.17. The summed E-state index contributed by atoms with van der Waals surface area (Å²) in [5, 5.41) is 0. The van der Waals surface area contributed by atoms with E-state index in [0.29, 0.717) is 0 Å². The molecule has 0 bridgehead atoms. The second-order valence-corrected chi connectivity index (χ2v) is 4.58. The lowest BCUT2D eigenvalue weighted by Gasteiger charge is -2.30. The standard InChI is InChI=1S/C8H14BrN/c9-7-4-6-10-5-2-1-3-8(7)10/h7-8H,1-6H2. The fraction of sp³-hybridized carbons (Fsp3) is 1.00. The van der Waals surface area contributed by atoms with Crippen LogP contribution in [-0.4, -0.2) is 28.9 Å². The second-order valence-electron chi connectivity index (χ2n) is 3.40. The zero-order valence-electron chi connectivity index (χ0n) is 6.22.